The fourth-order valence-corrected chi connectivity index (χ4v) is 2.04. The van der Waals surface area contributed by atoms with Gasteiger partial charge in [-0.15, -0.1) is 0 Å². The molecule has 1 fully saturated rings. The van der Waals surface area contributed by atoms with Crippen LogP contribution in [-0.2, 0) is 33.2 Å². The maximum Gasteiger partial charge on any atom is 0.186 e. The van der Waals surface area contributed by atoms with Crippen molar-refractivity contribution < 1.29 is 43.4 Å². The van der Waals surface area contributed by atoms with Gasteiger partial charge in [-0.2, -0.15) is 0 Å². The lowest BCUT2D eigenvalue weighted by molar-refractivity contribution is -0.284. The molecule has 0 amide bonds. The van der Waals surface area contributed by atoms with Crippen LogP contribution in [-0.4, -0.2) is 108 Å². The van der Waals surface area contributed by atoms with Crippen molar-refractivity contribution in [1.29, 1.82) is 0 Å². The van der Waals surface area contributed by atoms with E-state index in [4.69, 9.17) is 33.2 Å². The molecule has 0 bridgehead atoms. The molecule has 0 aromatic carbocycles. The molecule has 9 nitrogen and oxygen atoms in total. The summed E-state index contributed by atoms with van der Waals surface area (Å²) in [5.41, 5.74) is 0. The molecule has 1 aliphatic rings. The number of hydrogen-bond donors (Lipinski definition) is 2. The molecule has 0 aromatic rings. The Morgan fingerprint density at radius 3 is 1.92 bits per heavy atom. The Morgan fingerprint density at radius 1 is 0.792 bits per heavy atom. The molecule has 0 saturated carbocycles. The van der Waals surface area contributed by atoms with Gasteiger partial charge in [0.05, 0.1) is 59.5 Å². The molecule has 9 heteroatoms. The lowest BCUT2D eigenvalue weighted by Crippen LogP contribution is -2.55. The van der Waals surface area contributed by atoms with Gasteiger partial charge >= 0.3 is 0 Å². The van der Waals surface area contributed by atoms with Crippen LogP contribution in [0.15, 0.2) is 0 Å². The van der Waals surface area contributed by atoms with Crippen LogP contribution in [0.3, 0.4) is 0 Å². The van der Waals surface area contributed by atoms with E-state index in [0.29, 0.717) is 39.6 Å². The van der Waals surface area contributed by atoms with Gasteiger partial charge < -0.3 is 43.4 Å². The van der Waals surface area contributed by atoms with Gasteiger partial charge in [-0.1, -0.05) is 0 Å². The van der Waals surface area contributed by atoms with Crippen LogP contribution in [0.25, 0.3) is 0 Å². The number of methoxy groups -OCH3 is 2. The van der Waals surface area contributed by atoms with E-state index in [0.717, 1.165) is 0 Å². The second kappa shape index (κ2) is 13.9. The Kier molecular flexibility index (Phi) is 12.5. The zero-order valence-electron chi connectivity index (χ0n) is 14.4. The summed E-state index contributed by atoms with van der Waals surface area (Å²) in [6, 6.07) is 0. The predicted octanol–water partition coefficient (Wildman–Crippen LogP) is -1.21. The zero-order chi connectivity index (χ0) is 17.6. The lowest BCUT2D eigenvalue weighted by Gasteiger charge is -2.37. The highest BCUT2D eigenvalue weighted by molar-refractivity contribution is 4.84. The fourth-order valence-electron chi connectivity index (χ4n) is 2.04. The molecular formula is C15H30O9. The van der Waals surface area contributed by atoms with Crippen molar-refractivity contribution in [2.75, 3.05) is 73.7 Å². The fraction of sp³-hybridized carbons (Fsp3) is 1.00. The van der Waals surface area contributed by atoms with E-state index in [9.17, 15) is 10.2 Å². The van der Waals surface area contributed by atoms with Crippen LogP contribution < -0.4 is 0 Å². The third-order valence-corrected chi connectivity index (χ3v) is 3.34. The lowest BCUT2D eigenvalue weighted by atomic mass is 10.1. The molecule has 0 aliphatic carbocycles. The maximum atomic E-state index is 10.1. The molecule has 1 unspecified atom stereocenters. The summed E-state index contributed by atoms with van der Waals surface area (Å²) in [4.78, 5) is 0. The summed E-state index contributed by atoms with van der Waals surface area (Å²) >= 11 is 0. The Hall–Kier alpha value is -0.360. The van der Waals surface area contributed by atoms with E-state index in [1.165, 1.54) is 0 Å². The molecule has 1 heterocycles. The number of rotatable bonds is 14. The van der Waals surface area contributed by atoms with Crippen molar-refractivity contribution in [1.82, 2.24) is 0 Å². The average Bonchev–Trinajstić information content (AvgIpc) is 2.59. The van der Waals surface area contributed by atoms with Gasteiger partial charge in [-0.3, -0.25) is 0 Å². The molecular weight excluding hydrogens is 324 g/mol. The van der Waals surface area contributed by atoms with E-state index < -0.39 is 24.6 Å². The smallest absolute Gasteiger partial charge is 0.186 e. The van der Waals surface area contributed by atoms with Gasteiger partial charge in [0.2, 0.25) is 0 Å². The van der Waals surface area contributed by atoms with E-state index in [2.05, 4.69) is 0 Å². The van der Waals surface area contributed by atoms with E-state index >= 15 is 0 Å². The normalized spacial score (nSPS) is 27.5. The average molecular weight is 354 g/mol. The molecule has 4 atom stereocenters. The second-order valence-electron chi connectivity index (χ2n) is 5.18. The van der Waals surface area contributed by atoms with E-state index in [1.54, 1.807) is 14.2 Å². The second-order valence-corrected chi connectivity index (χ2v) is 5.18. The molecule has 1 rings (SSSR count). The monoisotopic (exact) mass is 354 g/mol. The Labute approximate surface area is 142 Å². The number of aliphatic hydroxyl groups excluding tert-OH is 2. The summed E-state index contributed by atoms with van der Waals surface area (Å²) in [5.74, 6) is 0. The van der Waals surface area contributed by atoms with Crippen LogP contribution in [0.5, 0.6) is 0 Å². The number of hydrogen-bond acceptors (Lipinski definition) is 9. The summed E-state index contributed by atoms with van der Waals surface area (Å²) < 4.78 is 36.8. The summed E-state index contributed by atoms with van der Waals surface area (Å²) in [7, 11) is 3.20. The van der Waals surface area contributed by atoms with Crippen molar-refractivity contribution in [3.63, 3.8) is 0 Å². The van der Waals surface area contributed by atoms with Gasteiger partial charge in [0, 0.05) is 14.2 Å². The standard InChI is InChI=1S/C15H30O9/c1-18-3-5-20-7-9-22-14-13(17)12(16)11-24-15(14)23-10-8-21-6-4-19-2/h12-17H,3-11H2,1-2H3/t12-,13+,14-,15?/m1/s1. The van der Waals surface area contributed by atoms with Crippen molar-refractivity contribution in [2.45, 2.75) is 24.6 Å². The summed E-state index contributed by atoms with van der Waals surface area (Å²) in [5, 5.41) is 19.8. The van der Waals surface area contributed by atoms with E-state index in [1.807, 2.05) is 0 Å². The topological polar surface area (TPSA) is 105 Å². The largest absolute Gasteiger partial charge is 0.388 e. The maximum absolute atomic E-state index is 10.1. The summed E-state index contributed by atoms with van der Waals surface area (Å²) in [6.07, 6.45) is -3.66. The van der Waals surface area contributed by atoms with Gasteiger partial charge in [-0.05, 0) is 0 Å². The molecule has 0 spiro atoms. The van der Waals surface area contributed by atoms with Crippen LogP contribution >= 0.6 is 0 Å². The Bertz CT molecular complexity index is 292. The molecule has 144 valence electrons. The highest BCUT2D eigenvalue weighted by Gasteiger charge is 2.40. The van der Waals surface area contributed by atoms with Gasteiger partial charge in [-0.25, -0.2) is 0 Å². The minimum atomic E-state index is -1.09. The molecule has 0 aromatic heterocycles. The Morgan fingerprint density at radius 2 is 1.33 bits per heavy atom. The first-order valence-corrected chi connectivity index (χ1v) is 8.05. The van der Waals surface area contributed by atoms with Gasteiger partial charge in [0.25, 0.3) is 0 Å². The third-order valence-electron chi connectivity index (χ3n) is 3.34. The van der Waals surface area contributed by atoms with Crippen molar-refractivity contribution in [3.8, 4) is 0 Å². The minimum Gasteiger partial charge on any atom is -0.388 e. The van der Waals surface area contributed by atoms with E-state index in [-0.39, 0.29) is 19.8 Å². The first-order valence-electron chi connectivity index (χ1n) is 8.05. The molecule has 1 aliphatic heterocycles. The number of aliphatic hydroxyl groups is 2. The molecule has 0 radical (unpaired) electrons. The quantitative estimate of drug-likeness (QED) is 0.372. The number of ether oxygens (including phenoxy) is 7. The Balaban J connectivity index is 2.26. The van der Waals surface area contributed by atoms with Crippen LogP contribution in [0.4, 0.5) is 0 Å². The van der Waals surface area contributed by atoms with Crippen LogP contribution in [0.2, 0.25) is 0 Å². The highest BCUT2D eigenvalue weighted by Crippen LogP contribution is 2.19. The zero-order valence-corrected chi connectivity index (χ0v) is 14.4. The van der Waals surface area contributed by atoms with Gasteiger partial charge in [0.1, 0.15) is 18.3 Å². The van der Waals surface area contributed by atoms with Crippen LogP contribution in [0, 0.1) is 0 Å². The molecule has 2 N–H and O–H groups in total. The summed E-state index contributed by atoms with van der Waals surface area (Å²) in [6.45, 7) is 3.18. The molecule has 1 saturated heterocycles. The third kappa shape index (κ3) is 8.65. The van der Waals surface area contributed by atoms with Crippen molar-refractivity contribution in [3.05, 3.63) is 0 Å². The van der Waals surface area contributed by atoms with Gasteiger partial charge in [0.15, 0.2) is 6.29 Å². The minimum absolute atomic E-state index is 0.0133. The SMILES string of the molecule is COCCOCCOC1OC[C@@H](O)[C@H](O)[C@H]1OCCOCCOC. The molecule has 24 heavy (non-hydrogen) atoms. The predicted molar refractivity (Wildman–Crippen MR) is 82.8 cm³/mol. The first-order chi connectivity index (χ1) is 11.7. The van der Waals surface area contributed by atoms with Crippen molar-refractivity contribution in [2.24, 2.45) is 0 Å². The van der Waals surface area contributed by atoms with Crippen LogP contribution in [0.1, 0.15) is 0 Å². The van der Waals surface area contributed by atoms with Crippen molar-refractivity contribution >= 4 is 0 Å². The first kappa shape index (κ1) is 21.7. The highest BCUT2D eigenvalue weighted by atomic mass is 16.7.